The molecule has 0 aromatic heterocycles. The molecule has 0 aliphatic rings. The molecule has 0 heterocycles. The third kappa shape index (κ3) is 2.72. The second kappa shape index (κ2) is 4.98. The van der Waals surface area contributed by atoms with Gasteiger partial charge in [-0.1, -0.05) is 18.2 Å². The molecule has 0 radical (unpaired) electrons. The van der Waals surface area contributed by atoms with Crippen LogP contribution in [-0.4, -0.2) is 17.8 Å². The van der Waals surface area contributed by atoms with E-state index < -0.39 is 6.10 Å². The first kappa shape index (κ1) is 11.0. The molecule has 0 saturated heterocycles. The zero-order valence-electron chi connectivity index (χ0n) is 8.60. The standard InChI is InChI=1S/C11H17NO2/c1-8(2)14-11-6-4-3-5-9(11)10(13)7-12/h3-6,8,10,13H,7,12H2,1-2H3. The van der Waals surface area contributed by atoms with Crippen molar-refractivity contribution in [3.05, 3.63) is 29.8 Å². The van der Waals surface area contributed by atoms with Crippen molar-refractivity contribution in [1.82, 2.24) is 0 Å². The summed E-state index contributed by atoms with van der Waals surface area (Å²) in [6.07, 6.45) is -0.550. The third-order valence-corrected chi connectivity index (χ3v) is 1.86. The first-order valence-corrected chi connectivity index (χ1v) is 4.79. The van der Waals surface area contributed by atoms with Crippen molar-refractivity contribution >= 4 is 0 Å². The monoisotopic (exact) mass is 195 g/mol. The van der Waals surface area contributed by atoms with Gasteiger partial charge in [-0.25, -0.2) is 0 Å². The molecule has 1 atom stereocenters. The highest BCUT2D eigenvalue weighted by Crippen LogP contribution is 2.25. The van der Waals surface area contributed by atoms with Gasteiger partial charge in [0.1, 0.15) is 5.75 Å². The fraction of sp³-hybridized carbons (Fsp3) is 0.455. The van der Waals surface area contributed by atoms with Gasteiger partial charge in [0.25, 0.3) is 0 Å². The van der Waals surface area contributed by atoms with Crippen LogP contribution in [0.15, 0.2) is 24.3 Å². The Balaban J connectivity index is 2.91. The fourth-order valence-electron chi connectivity index (χ4n) is 1.24. The van der Waals surface area contributed by atoms with Crippen LogP contribution in [0.1, 0.15) is 25.5 Å². The summed E-state index contributed by atoms with van der Waals surface area (Å²) in [4.78, 5) is 0. The molecular formula is C11H17NO2. The number of aliphatic hydroxyl groups excluding tert-OH is 1. The lowest BCUT2D eigenvalue weighted by atomic mass is 10.1. The molecule has 3 heteroatoms. The minimum Gasteiger partial charge on any atom is -0.491 e. The SMILES string of the molecule is CC(C)Oc1ccccc1C(O)CN. The molecule has 0 aliphatic heterocycles. The maximum atomic E-state index is 9.62. The van der Waals surface area contributed by atoms with Gasteiger partial charge in [-0.2, -0.15) is 0 Å². The quantitative estimate of drug-likeness (QED) is 0.764. The molecule has 1 aromatic carbocycles. The summed E-state index contributed by atoms with van der Waals surface area (Å²) in [5.41, 5.74) is 6.15. The van der Waals surface area contributed by atoms with E-state index in [2.05, 4.69) is 0 Å². The van der Waals surface area contributed by atoms with E-state index in [1.807, 2.05) is 38.1 Å². The first-order valence-electron chi connectivity index (χ1n) is 4.79. The lowest BCUT2D eigenvalue weighted by molar-refractivity contribution is 0.173. The molecule has 3 nitrogen and oxygen atoms in total. The molecule has 0 spiro atoms. The number of aliphatic hydroxyl groups is 1. The molecule has 1 rings (SSSR count). The Kier molecular flexibility index (Phi) is 3.92. The van der Waals surface area contributed by atoms with Gasteiger partial charge in [-0.05, 0) is 19.9 Å². The predicted molar refractivity (Wildman–Crippen MR) is 56.2 cm³/mol. The Bertz CT molecular complexity index is 286. The summed E-state index contributed by atoms with van der Waals surface area (Å²) in [5.74, 6) is 0.709. The number of rotatable bonds is 4. The third-order valence-electron chi connectivity index (χ3n) is 1.86. The largest absolute Gasteiger partial charge is 0.491 e. The van der Waals surface area contributed by atoms with Crippen molar-refractivity contribution in [3.63, 3.8) is 0 Å². The highest BCUT2D eigenvalue weighted by molar-refractivity contribution is 5.35. The molecule has 14 heavy (non-hydrogen) atoms. The van der Waals surface area contributed by atoms with Crippen LogP contribution < -0.4 is 10.5 Å². The van der Waals surface area contributed by atoms with Gasteiger partial charge < -0.3 is 15.6 Å². The van der Waals surface area contributed by atoms with E-state index in [9.17, 15) is 5.11 Å². The maximum Gasteiger partial charge on any atom is 0.125 e. The Morgan fingerprint density at radius 3 is 2.57 bits per heavy atom. The van der Waals surface area contributed by atoms with E-state index in [1.54, 1.807) is 0 Å². The minimum atomic E-state index is -0.648. The van der Waals surface area contributed by atoms with Crippen molar-refractivity contribution in [2.45, 2.75) is 26.1 Å². The average molecular weight is 195 g/mol. The van der Waals surface area contributed by atoms with E-state index >= 15 is 0 Å². The van der Waals surface area contributed by atoms with E-state index in [0.29, 0.717) is 5.75 Å². The summed E-state index contributed by atoms with van der Waals surface area (Å²) in [7, 11) is 0. The van der Waals surface area contributed by atoms with E-state index in [4.69, 9.17) is 10.5 Å². The molecule has 1 aromatic rings. The van der Waals surface area contributed by atoms with Gasteiger partial charge >= 0.3 is 0 Å². The summed E-state index contributed by atoms with van der Waals surface area (Å²) in [5, 5.41) is 9.62. The van der Waals surface area contributed by atoms with Gasteiger partial charge in [0.05, 0.1) is 12.2 Å². The smallest absolute Gasteiger partial charge is 0.125 e. The van der Waals surface area contributed by atoms with Crippen molar-refractivity contribution < 1.29 is 9.84 Å². The van der Waals surface area contributed by atoms with Gasteiger partial charge in [0.2, 0.25) is 0 Å². The fourth-order valence-corrected chi connectivity index (χ4v) is 1.24. The van der Waals surface area contributed by atoms with Crippen LogP contribution in [0.25, 0.3) is 0 Å². The number of hydrogen-bond donors (Lipinski definition) is 2. The summed E-state index contributed by atoms with van der Waals surface area (Å²) in [6, 6.07) is 7.41. The lowest BCUT2D eigenvalue weighted by Gasteiger charge is -2.16. The van der Waals surface area contributed by atoms with Crippen LogP contribution in [0.4, 0.5) is 0 Å². The Morgan fingerprint density at radius 2 is 2.00 bits per heavy atom. The molecule has 0 saturated carbocycles. The molecule has 0 amide bonds. The average Bonchev–Trinajstić information content (AvgIpc) is 2.16. The highest BCUT2D eigenvalue weighted by Gasteiger charge is 2.11. The predicted octanol–water partition coefficient (Wildman–Crippen LogP) is 1.47. The molecule has 0 aliphatic carbocycles. The summed E-state index contributed by atoms with van der Waals surface area (Å²) >= 11 is 0. The number of para-hydroxylation sites is 1. The molecular weight excluding hydrogens is 178 g/mol. The van der Waals surface area contributed by atoms with Crippen LogP contribution in [0.2, 0.25) is 0 Å². The molecule has 0 fully saturated rings. The number of ether oxygens (including phenoxy) is 1. The van der Waals surface area contributed by atoms with Gasteiger partial charge in [0, 0.05) is 12.1 Å². The normalized spacial score (nSPS) is 12.9. The Hall–Kier alpha value is -1.06. The van der Waals surface area contributed by atoms with Crippen molar-refractivity contribution in [2.24, 2.45) is 5.73 Å². The molecule has 1 unspecified atom stereocenters. The van der Waals surface area contributed by atoms with Crippen molar-refractivity contribution in [2.75, 3.05) is 6.54 Å². The second-order valence-electron chi connectivity index (χ2n) is 3.46. The van der Waals surface area contributed by atoms with Crippen LogP contribution in [0.3, 0.4) is 0 Å². The Labute approximate surface area is 84.5 Å². The molecule has 0 bridgehead atoms. The number of nitrogens with two attached hydrogens (primary N) is 1. The summed E-state index contributed by atoms with van der Waals surface area (Å²) < 4.78 is 5.55. The first-order chi connectivity index (χ1) is 6.65. The van der Waals surface area contributed by atoms with Crippen LogP contribution >= 0.6 is 0 Å². The zero-order chi connectivity index (χ0) is 10.6. The highest BCUT2D eigenvalue weighted by atomic mass is 16.5. The van der Waals surface area contributed by atoms with Crippen LogP contribution in [0.5, 0.6) is 5.75 Å². The lowest BCUT2D eigenvalue weighted by Crippen LogP contribution is -2.14. The van der Waals surface area contributed by atoms with Crippen LogP contribution in [-0.2, 0) is 0 Å². The van der Waals surface area contributed by atoms with Gasteiger partial charge in [-0.15, -0.1) is 0 Å². The topological polar surface area (TPSA) is 55.5 Å². The van der Waals surface area contributed by atoms with Gasteiger partial charge in [0.15, 0.2) is 0 Å². The van der Waals surface area contributed by atoms with E-state index in [1.165, 1.54) is 0 Å². The zero-order valence-corrected chi connectivity index (χ0v) is 8.60. The Morgan fingerprint density at radius 1 is 1.36 bits per heavy atom. The van der Waals surface area contributed by atoms with Crippen molar-refractivity contribution in [1.29, 1.82) is 0 Å². The molecule has 78 valence electrons. The van der Waals surface area contributed by atoms with Crippen molar-refractivity contribution in [3.8, 4) is 5.75 Å². The second-order valence-corrected chi connectivity index (χ2v) is 3.46. The van der Waals surface area contributed by atoms with E-state index in [-0.39, 0.29) is 12.6 Å². The minimum absolute atomic E-state index is 0.0983. The summed E-state index contributed by atoms with van der Waals surface area (Å²) in [6.45, 7) is 4.11. The maximum absolute atomic E-state index is 9.62. The number of benzene rings is 1. The van der Waals surface area contributed by atoms with E-state index in [0.717, 1.165) is 5.56 Å². The number of hydrogen-bond acceptors (Lipinski definition) is 3. The van der Waals surface area contributed by atoms with Crippen LogP contribution in [0, 0.1) is 0 Å². The van der Waals surface area contributed by atoms with Gasteiger partial charge in [-0.3, -0.25) is 0 Å². The molecule has 3 N–H and O–H groups in total.